The zero-order valence-electron chi connectivity index (χ0n) is 9.03. The summed E-state index contributed by atoms with van der Waals surface area (Å²) in [7, 11) is 0. The van der Waals surface area contributed by atoms with Crippen molar-refractivity contribution in [2.45, 2.75) is 19.7 Å². The van der Waals surface area contributed by atoms with Crippen molar-refractivity contribution in [2.24, 2.45) is 5.90 Å². The Kier molecular flexibility index (Phi) is 3.26. The lowest BCUT2D eigenvalue weighted by molar-refractivity contribution is 0.115. The van der Waals surface area contributed by atoms with Crippen LogP contribution in [0.2, 0.25) is 0 Å². The second kappa shape index (κ2) is 4.67. The van der Waals surface area contributed by atoms with E-state index in [0.717, 1.165) is 0 Å². The van der Waals surface area contributed by atoms with Crippen LogP contribution in [0.3, 0.4) is 0 Å². The fourth-order valence-corrected chi connectivity index (χ4v) is 1.68. The molecule has 1 unspecified atom stereocenters. The highest BCUT2D eigenvalue weighted by Crippen LogP contribution is 2.37. The lowest BCUT2D eigenvalue weighted by atomic mass is 10.1. The third kappa shape index (κ3) is 2.10. The van der Waals surface area contributed by atoms with E-state index in [9.17, 15) is 4.39 Å². The number of hydrogen-bond donors (Lipinski definition) is 1. The van der Waals surface area contributed by atoms with Gasteiger partial charge >= 0.3 is 0 Å². The molecule has 2 rings (SSSR count). The Morgan fingerprint density at radius 2 is 2.19 bits per heavy atom. The van der Waals surface area contributed by atoms with E-state index < -0.39 is 6.17 Å². The Morgan fingerprint density at radius 1 is 1.44 bits per heavy atom. The highest BCUT2D eigenvalue weighted by Gasteiger charge is 2.19. The topological polar surface area (TPSA) is 53.7 Å². The molecule has 0 radical (unpaired) electrons. The van der Waals surface area contributed by atoms with Crippen molar-refractivity contribution in [1.82, 2.24) is 0 Å². The number of alkyl halides is 1. The van der Waals surface area contributed by atoms with Gasteiger partial charge in [-0.05, 0) is 24.6 Å². The number of ether oxygens (including phenoxy) is 2. The minimum Gasteiger partial charge on any atom is -0.486 e. The molecule has 0 saturated heterocycles. The third-order valence-electron chi connectivity index (χ3n) is 2.44. The monoisotopic (exact) mass is 227 g/mol. The molecule has 88 valence electrons. The van der Waals surface area contributed by atoms with Crippen LogP contribution in [-0.2, 0) is 11.4 Å². The van der Waals surface area contributed by atoms with Crippen molar-refractivity contribution in [1.29, 1.82) is 0 Å². The zero-order chi connectivity index (χ0) is 11.5. The van der Waals surface area contributed by atoms with Gasteiger partial charge in [0.1, 0.15) is 19.4 Å². The highest BCUT2D eigenvalue weighted by molar-refractivity contribution is 5.50. The van der Waals surface area contributed by atoms with Gasteiger partial charge in [0, 0.05) is 5.56 Å². The Balaban J connectivity index is 2.43. The first-order valence-corrected chi connectivity index (χ1v) is 5.10. The van der Waals surface area contributed by atoms with Gasteiger partial charge in [-0.2, -0.15) is 0 Å². The van der Waals surface area contributed by atoms with Crippen LogP contribution < -0.4 is 15.4 Å². The predicted molar refractivity (Wildman–Crippen MR) is 55.9 cm³/mol. The van der Waals surface area contributed by atoms with Gasteiger partial charge in [0.25, 0.3) is 0 Å². The second-order valence-electron chi connectivity index (χ2n) is 3.63. The molecule has 4 nitrogen and oxygen atoms in total. The van der Waals surface area contributed by atoms with Crippen molar-refractivity contribution in [3.05, 3.63) is 23.3 Å². The fraction of sp³-hybridized carbons (Fsp3) is 0.455. The highest BCUT2D eigenvalue weighted by atomic mass is 19.1. The van der Waals surface area contributed by atoms with Gasteiger partial charge in [-0.25, -0.2) is 10.3 Å². The summed E-state index contributed by atoms with van der Waals surface area (Å²) in [5.74, 6) is 6.18. The van der Waals surface area contributed by atoms with Crippen molar-refractivity contribution in [3.63, 3.8) is 0 Å². The lowest BCUT2D eigenvalue weighted by Crippen LogP contribution is -2.17. The van der Waals surface area contributed by atoms with Crippen LogP contribution in [0.15, 0.2) is 12.1 Å². The quantitative estimate of drug-likeness (QED) is 0.801. The minimum absolute atomic E-state index is 0.173. The van der Waals surface area contributed by atoms with Gasteiger partial charge < -0.3 is 9.47 Å². The molecule has 1 aliphatic heterocycles. The molecule has 0 bridgehead atoms. The van der Waals surface area contributed by atoms with E-state index in [4.69, 9.17) is 15.4 Å². The molecule has 0 amide bonds. The summed E-state index contributed by atoms with van der Waals surface area (Å²) >= 11 is 0. The predicted octanol–water partition coefficient (Wildman–Crippen LogP) is 1.88. The van der Waals surface area contributed by atoms with Crippen molar-refractivity contribution in [3.8, 4) is 11.5 Å². The Labute approximate surface area is 93.1 Å². The maximum absolute atomic E-state index is 13.3. The second-order valence-corrected chi connectivity index (χ2v) is 3.63. The first kappa shape index (κ1) is 11.2. The van der Waals surface area contributed by atoms with Crippen molar-refractivity contribution >= 4 is 0 Å². The van der Waals surface area contributed by atoms with Crippen LogP contribution in [-0.4, -0.2) is 13.2 Å². The van der Waals surface area contributed by atoms with E-state index in [0.29, 0.717) is 35.8 Å². The normalized spacial score (nSPS) is 15.9. The molecule has 1 aromatic rings. The number of fused-ring (bicyclic) bond motifs is 1. The van der Waals surface area contributed by atoms with E-state index in [1.807, 2.05) is 0 Å². The largest absolute Gasteiger partial charge is 0.486 e. The first-order chi connectivity index (χ1) is 7.72. The molecule has 0 aromatic heterocycles. The fourth-order valence-electron chi connectivity index (χ4n) is 1.68. The van der Waals surface area contributed by atoms with Crippen LogP contribution in [0.4, 0.5) is 4.39 Å². The van der Waals surface area contributed by atoms with Crippen LogP contribution in [0.1, 0.15) is 24.2 Å². The summed E-state index contributed by atoms with van der Waals surface area (Å²) in [5, 5.41) is 0. The molecule has 1 aliphatic rings. The number of rotatable bonds is 3. The number of nitrogens with two attached hydrogens (primary N) is 1. The van der Waals surface area contributed by atoms with E-state index >= 15 is 0 Å². The van der Waals surface area contributed by atoms with Gasteiger partial charge in [0.2, 0.25) is 0 Å². The molecule has 2 N–H and O–H groups in total. The maximum Gasteiger partial charge on any atom is 0.166 e. The smallest absolute Gasteiger partial charge is 0.166 e. The summed E-state index contributed by atoms with van der Waals surface area (Å²) < 4.78 is 24.1. The lowest BCUT2D eigenvalue weighted by Gasteiger charge is -2.22. The van der Waals surface area contributed by atoms with Gasteiger partial charge in [-0.1, -0.05) is 0 Å². The third-order valence-corrected chi connectivity index (χ3v) is 2.44. The van der Waals surface area contributed by atoms with E-state index in [-0.39, 0.29) is 6.61 Å². The van der Waals surface area contributed by atoms with E-state index in [1.54, 1.807) is 12.1 Å². The molecule has 16 heavy (non-hydrogen) atoms. The number of benzene rings is 1. The molecule has 0 fully saturated rings. The molecular weight excluding hydrogens is 213 g/mol. The first-order valence-electron chi connectivity index (χ1n) is 5.10. The van der Waals surface area contributed by atoms with Crippen LogP contribution in [0, 0.1) is 0 Å². The van der Waals surface area contributed by atoms with Gasteiger partial charge in [-0.15, -0.1) is 0 Å². The summed E-state index contributed by atoms with van der Waals surface area (Å²) in [5.41, 5.74) is 1.25. The molecule has 5 heteroatoms. The van der Waals surface area contributed by atoms with E-state index in [1.165, 1.54) is 6.92 Å². The van der Waals surface area contributed by atoms with Gasteiger partial charge in [-0.3, -0.25) is 4.84 Å². The molecule has 1 aromatic carbocycles. The number of halogens is 1. The molecule has 1 atom stereocenters. The zero-order valence-corrected chi connectivity index (χ0v) is 9.03. The van der Waals surface area contributed by atoms with Crippen LogP contribution in [0.25, 0.3) is 0 Å². The Morgan fingerprint density at radius 3 is 2.88 bits per heavy atom. The van der Waals surface area contributed by atoms with E-state index in [2.05, 4.69) is 4.84 Å². The maximum atomic E-state index is 13.3. The average Bonchev–Trinajstić information content (AvgIpc) is 2.29. The van der Waals surface area contributed by atoms with Crippen LogP contribution in [0.5, 0.6) is 11.5 Å². The van der Waals surface area contributed by atoms with Gasteiger partial charge in [0.15, 0.2) is 11.5 Å². The summed E-state index contributed by atoms with van der Waals surface area (Å²) in [4.78, 5) is 4.57. The van der Waals surface area contributed by atoms with Crippen LogP contribution >= 0.6 is 0 Å². The van der Waals surface area contributed by atoms with Crippen molar-refractivity contribution in [2.75, 3.05) is 13.2 Å². The minimum atomic E-state index is -1.06. The molecule has 0 saturated carbocycles. The Hall–Kier alpha value is -1.33. The summed E-state index contributed by atoms with van der Waals surface area (Å²) in [6.07, 6.45) is -1.06. The van der Waals surface area contributed by atoms with Gasteiger partial charge in [0.05, 0.1) is 6.61 Å². The molecule has 0 spiro atoms. The van der Waals surface area contributed by atoms with Crippen molar-refractivity contribution < 1.29 is 18.7 Å². The SMILES string of the molecule is CC(F)c1cc(CON)c2c(c1)OCCO2. The molecule has 0 aliphatic carbocycles. The standard InChI is InChI=1S/C11H14FNO3/c1-7(12)8-4-9(6-16-13)11-10(5-8)14-2-3-15-11/h4-5,7H,2-3,6,13H2,1H3. The summed E-state index contributed by atoms with van der Waals surface area (Å²) in [6, 6.07) is 3.34. The molecule has 1 heterocycles. The number of hydrogen-bond acceptors (Lipinski definition) is 4. The summed E-state index contributed by atoms with van der Waals surface area (Å²) in [6.45, 7) is 2.60. The Bertz CT molecular complexity index is 382. The average molecular weight is 227 g/mol. The molecular formula is C11H14FNO3.